The van der Waals surface area contributed by atoms with Crippen LogP contribution in [0.25, 0.3) is 0 Å². The zero-order valence-electron chi connectivity index (χ0n) is 16.3. The Morgan fingerprint density at radius 3 is 2.50 bits per heavy atom. The number of hydrogen-bond donors (Lipinski definition) is 2. The Balaban J connectivity index is 1.69. The van der Waals surface area contributed by atoms with Gasteiger partial charge >= 0.3 is 0 Å². The first kappa shape index (κ1) is 19.6. The molecule has 0 aliphatic heterocycles. The van der Waals surface area contributed by atoms with Crippen LogP contribution < -0.4 is 15.0 Å². The molecule has 1 aliphatic rings. The van der Waals surface area contributed by atoms with Crippen molar-refractivity contribution in [1.82, 2.24) is 10.2 Å². The van der Waals surface area contributed by atoms with E-state index in [0.29, 0.717) is 11.4 Å². The van der Waals surface area contributed by atoms with Crippen molar-refractivity contribution in [2.24, 2.45) is 5.92 Å². The zero-order valence-corrected chi connectivity index (χ0v) is 16.3. The molecule has 4 rings (SSSR count). The van der Waals surface area contributed by atoms with Crippen LogP contribution in [0.2, 0.25) is 0 Å². The first-order chi connectivity index (χ1) is 14.6. The second-order valence-electron chi connectivity index (χ2n) is 7.10. The summed E-state index contributed by atoms with van der Waals surface area (Å²) in [4.78, 5) is 27.8. The van der Waals surface area contributed by atoms with Crippen LogP contribution in [0, 0.1) is 11.7 Å². The molecule has 1 atom stereocenters. The van der Waals surface area contributed by atoms with Crippen molar-refractivity contribution in [1.29, 1.82) is 0 Å². The highest BCUT2D eigenvalue weighted by Crippen LogP contribution is 2.39. The van der Waals surface area contributed by atoms with Crippen molar-refractivity contribution < 1.29 is 18.7 Å². The SMILES string of the molecule is COc1ccc(NC(=O)C(C2CC2)N(C(=O)c2ccn[nH]2)c2ccccc2F)cc1. The summed E-state index contributed by atoms with van der Waals surface area (Å²) in [7, 11) is 1.56. The second kappa shape index (κ2) is 8.36. The first-order valence-corrected chi connectivity index (χ1v) is 9.61. The Morgan fingerprint density at radius 2 is 1.90 bits per heavy atom. The molecule has 1 saturated carbocycles. The monoisotopic (exact) mass is 408 g/mol. The fourth-order valence-electron chi connectivity index (χ4n) is 3.38. The summed E-state index contributed by atoms with van der Waals surface area (Å²) < 4.78 is 19.8. The highest BCUT2D eigenvalue weighted by Gasteiger charge is 2.44. The van der Waals surface area contributed by atoms with Gasteiger partial charge in [-0.15, -0.1) is 0 Å². The molecule has 1 aromatic heterocycles. The summed E-state index contributed by atoms with van der Waals surface area (Å²) in [6, 6.07) is 13.5. The van der Waals surface area contributed by atoms with Gasteiger partial charge in [-0.2, -0.15) is 5.10 Å². The van der Waals surface area contributed by atoms with E-state index < -0.39 is 17.8 Å². The van der Waals surface area contributed by atoms with Gasteiger partial charge in [0.1, 0.15) is 23.3 Å². The number of hydrogen-bond acceptors (Lipinski definition) is 4. The van der Waals surface area contributed by atoms with Crippen LogP contribution in [0.4, 0.5) is 15.8 Å². The fraction of sp³-hybridized carbons (Fsp3) is 0.227. The van der Waals surface area contributed by atoms with Gasteiger partial charge in [0, 0.05) is 11.9 Å². The van der Waals surface area contributed by atoms with E-state index in [4.69, 9.17) is 4.74 Å². The van der Waals surface area contributed by atoms with Crippen molar-refractivity contribution in [2.45, 2.75) is 18.9 Å². The number of anilines is 2. The van der Waals surface area contributed by atoms with Gasteiger partial charge in [-0.25, -0.2) is 4.39 Å². The third kappa shape index (κ3) is 4.03. The van der Waals surface area contributed by atoms with E-state index >= 15 is 0 Å². The quantitative estimate of drug-likeness (QED) is 0.625. The molecule has 2 N–H and O–H groups in total. The van der Waals surface area contributed by atoms with Crippen molar-refractivity contribution >= 4 is 23.2 Å². The average molecular weight is 408 g/mol. The molecule has 0 radical (unpaired) electrons. The number of ether oxygens (including phenoxy) is 1. The number of halogens is 1. The van der Waals surface area contributed by atoms with E-state index in [1.54, 1.807) is 43.5 Å². The topological polar surface area (TPSA) is 87.3 Å². The molecule has 2 aromatic carbocycles. The predicted octanol–water partition coefficient (Wildman–Crippen LogP) is 3.62. The smallest absolute Gasteiger partial charge is 0.277 e. The molecular formula is C22H21FN4O3. The molecule has 30 heavy (non-hydrogen) atoms. The van der Waals surface area contributed by atoms with Gasteiger partial charge in [0.2, 0.25) is 5.91 Å². The van der Waals surface area contributed by atoms with Gasteiger partial charge in [-0.3, -0.25) is 19.6 Å². The lowest BCUT2D eigenvalue weighted by Gasteiger charge is -2.31. The minimum Gasteiger partial charge on any atom is -0.497 e. The van der Waals surface area contributed by atoms with Crippen LogP contribution in [0.15, 0.2) is 60.8 Å². The Morgan fingerprint density at radius 1 is 1.17 bits per heavy atom. The molecule has 1 unspecified atom stereocenters. The number of benzene rings is 2. The van der Waals surface area contributed by atoms with Crippen molar-refractivity contribution in [3.63, 3.8) is 0 Å². The van der Waals surface area contributed by atoms with E-state index in [1.807, 2.05) is 0 Å². The van der Waals surface area contributed by atoms with Crippen LogP contribution >= 0.6 is 0 Å². The number of nitrogens with one attached hydrogen (secondary N) is 2. The van der Waals surface area contributed by atoms with Gasteiger partial charge in [-0.05, 0) is 61.2 Å². The van der Waals surface area contributed by atoms with Gasteiger partial charge in [0.25, 0.3) is 5.91 Å². The van der Waals surface area contributed by atoms with Gasteiger partial charge in [0.05, 0.1) is 12.8 Å². The Kier molecular flexibility index (Phi) is 5.47. The average Bonchev–Trinajstić information content (AvgIpc) is 3.44. The lowest BCUT2D eigenvalue weighted by molar-refractivity contribution is -0.117. The molecule has 0 spiro atoms. The molecule has 2 amide bonds. The van der Waals surface area contributed by atoms with Crippen molar-refractivity contribution in [2.75, 3.05) is 17.3 Å². The normalized spacial score (nSPS) is 14.1. The molecule has 8 heteroatoms. The number of para-hydroxylation sites is 1. The lowest BCUT2D eigenvalue weighted by atomic mass is 10.1. The van der Waals surface area contributed by atoms with Crippen LogP contribution in [-0.2, 0) is 4.79 Å². The number of aromatic nitrogens is 2. The van der Waals surface area contributed by atoms with E-state index in [-0.39, 0.29) is 23.2 Å². The summed E-state index contributed by atoms with van der Waals surface area (Å²) in [5.41, 5.74) is 0.800. The maximum absolute atomic E-state index is 14.7. The largest absolute Gasteiger partial charge is 0.497 e. The molecule has 0 bridgehead atoms. The fourth-order valence-corrected chi connectivity index (χ4v) is 3.38. The van der Waals surface area contributed by atoms with E-state index in [2.05, 4.69) is 15.5 Å². The summed E-state index contributed by atoms with van der Waals surface area (Å²) in [6.07, 6.45) is 3.00. The summed E-state index contributed by atoms with van der Waals surface area (Å²) in [5, 5.41) is 9.27. The number of carbonyl (C=O) groups is 2. The van der Waals surface area contributed by atoms with Crippen molar-refractivity contribution in [3.8, 4) is 5.75 Å². The minimum atomic E-state index is -0.861. The lowest BCUT2D eigenvalue weighted by Crippen LogP contribution is -2.49. The standard InChI is InChI=1S/C22H21FN4O3/c1-30-16-10-8-15(9-11-16)25-21(28)20(14-6-7-14)27(19-5-3-2-4-17(19)23)22(29)18-12-13-24-26-18/h2-5,8-14,20H,6-7H2,1H3,(H,24,26)(H,25,28). The predicted molar refractivity (Wildman–Crippen MR) is 110 cm³/mol. The van der Waals surface area contributed by atoms with Gasteiger partial charge in [0.15, 0.2) is 0 Å². The summed E-state index contributed by atoms with van der Waals surface area (Å²) in [5.74, 6) is -0.865. The highest BCUT2D eigenvalue weighted by atomic mass is 19.1. The zero-order chi connectivity index (χ0) is 21.1. The maximum Gasteiger partial charge on any atom is 0.277 e. The third-order valence-electron chi connectivity index (χ3n) is 5.03. The number of carbonyl (C=O) groups excluding carboxylic acids is 2. The van der Waals surface area contributed by atoms with Crippen LogP contribution in [0.1, 0.15) is 23.3 Å². The summed E-state index contributed by atoms with van der Waals surface area (Å²) >= 11 is 0. The first-order valence-electron chi connectivity index (χ1n) is 9.61. The van der Waals surface area contributed by atoms with Crippen LogP contribution in [0.3, 0.4) is 0 Å². The van der Waals surface area contributed by atoms with E-state index in [1.165, 1.54) is 29.3 Å². The number of H-pyrrole nitrogens is 1. The number of nitrogens with zero attached hydrogens (tertiary/aromatic N) is 2. The Labute approximate surface area is 172 Å². The van der Waals surface area contributed by atoms with Crippen molar-refractivity contribution in [3.05, 3.63) is 72.3 Å². The number of amides is 2. The molecular weight excluding hydrogens is 387 g/mol. The molecule has 1 heterocycles. The Hall–Kier alpha value is -3.68. The number of aromatic amines is 1. The molecule has 1 aliphatic carbocycles. The van der Waals surface area contributed by atoms with E-state index in [0.717, 1.165) is 12.8 Å². The number of rotatable bonds is 7. The summed E-state index contributed by atoms with van der Waals surface area (Å²) in [6.45, 7) is 0. The molecule has 3 aromatic rings. The van der Waals surface area contributed by atoms with Crippen LogP contribution in [-0.4, -0.2) is 35.2 Å². The molecule has 1 fully saturated rings. The van der Waals surface area contributed by atoms with Gasteiger partial charge < -0.3 is 10.1 Å². The third-order valence-corrected chi connectivity index (χ3v) is 5.03. The Bertz CT molecular complexity index is 1030. The minimum absolute atomic E-state index is 0.0545. The maximum atomic E-state index is 14.7. The molecule has 0 saturated heterocycles. The van der Waals surface area contributed by atoms with E-state index in [9.17, 15) is 14.0 Å². The number of methoxy groups -OCH3 is 1. The highest BCUT2D eigenvalue weighted by molar-refractivity contribution is 6.11. The molecule has 7 nitrogen and oxygen atoms in total. The second-order valence-corrected chi connectivity index (χ2v) is 7.10. The molecule has 154 valence electrons. The van der Waals surface area contributed by atoms with Gasteiger partial charge in [-0.1, -0.05) is 12.1 Å². The van der Waals surface area contributed by atoms with Crippen LogP contribution in [0.5, 0.6) is 5.75 Å².